The summed E-state index contributed by atoms with van der Waals surface area (Å²) in [7, 11) is 0. The summed E-state index contributed by atoms with van der Waals surface area (Å²) < 4.78 is 0. The second kappa shape index (κ2) is 7.76. The van der Waals surface area contributed by atoms with Crippen LogP contribution in [0, 0.1) is 5.92 Å². The lowest BCUT2D eigenvalue weighted by Gasteiger charge is -2.29. The maximum absolute atomic E-state index is 12.7. The molecule has 24 heavy (non-hydrogen) atoms. The minimum Gasteiger partial charge on any atom is -0.299 e. The fourth-order valence-electron chi connectivity index (χ4n) is 3.62. The number of carbonyl (C=O) groups is 2. The second-order valence-electron chi connectivity index (χ2n) is 6.44. The average Bonchev–Trinajstić information content (AvgIpc) is 2.62. The fourth-order valence-corrected chi connectivity index (χ4v) is 3.90. The molecule has 0 bridgehead atoms. The monoisotopic (exact) mass is 340 g/mol. The molecule has 0 radical (unpaired) electrons. The van der Waals surface area contributed by atoms with Gasteiger partial charge in [-0.05, 0) is 24.5 Å². The molecule has 0 unspecified atom stereocenters. The summed E-state index contributed by atoms with van der Waals surface area (Å²) >= 11 is 6.39. The van der Waals surface area contributed by atoms with Crippen molar-refractivity contribution in [3.63, 3.8) is 0 Å². The number of ketones is 2. The van der Waals surface area contributed by atoms with Gasteiger partial charge in [-0.15, -0.1) is 0 Å². The topological polar surface area (TPSA) is 34.1 Å². The van der Waals surface area contributed by atoms with Crippen LogP contribution in [-0.4, -0.2) is 11.6 Å². The zero-order chi connectivity index (χ0) is 16.9. The zero-order valence-corrected chi connectivity index (χ0v) is 14.3. The summed E-state index contributed by atoms with van der Waals surface area (Å²) in [5.41, 5.74) is 1.61. The number of hydrogen-bond acceptors (Lipinski definition) is 2. The quantitative estimate of drug-likeness (QED) is 0.677. The largest absolute Gasteiger partial charge is 0.299 e. The fraction of sp³-hybridized carbons (Fsp3) is 0.333. The lowest BCUT2D eigenvalue weighted by molar-refractivity contribution is -0.125. The number of carbonyl (C=O) groups excluding carboxylic acids is 2. The Morgan fingerprint density at radius 2 is 1.75 bits per heavy atom. The van der Waals surface area contributed by atoms with Crippen molar-refractivity contribution in [1.82, 2.24) is 0 Å². The Hall–Kier alpha value is -1.93. The van der Waals surface area contributed by atoms with Crippen molar-refractivity contribution in [2.24, 2.45) is 5.92 Å². The van der Waals surface area contributed by atoms with Gasteiger partial charge in [0, 0.05) is 35.3 Å². The van der Waals surface area contributed by atoms with Crippen LogP contribution in [0.5, 0.6) is 0 Å². The van der Waals surface area contributed by atoms with Gasteiger partial charge in [-0.2, -0.15) is 0 Å². The number of hydrogen-bond donors (Lipinski definition) is 0. The molecular formula is C21H21ClO2. The minimum absolute atomic E-state index is 0.0684. The maximum Gasteiger partial charge on any atom is 0.163 e. The number of benzene rings is 2. The van der Waals surface area contributed by atoms with Gasteiger partial charge in [0.2, 0.25) is 0 Å². The van der Waals surface area contributed by atoms with Crippen LogP contribution in [0.3, 0.4) is 0 Å². The smallest absolute Gasteiger partial charge is 0.163 e. The van der Waals surface area contributed by atoms with Crippen LogP contribution in [0.2, 0.25) is 5.02 Å². The van der Waals surface area contributed by atoms with E-state index in [1.165, 1.54) is 0 Å². The predicted molar refractivity (Wildman–Crippen MR) is 96.5 cm³/mol. The van der Waals surface area contributed by atoms with Crippen molar-refractivity contribution in [3.05, 3.63) is 70.7 Å². The van der Waals surface area contributed by atoms with E-state index in [9.17, 15) is 9.59 Å². The Morgan fingerprint density at radius 1 is 1.04 bits per heavy atom. The van der Waals surface area contributed by atoms with Gasteiger partial charge in [0.05, 0.1) is 0 Å². The second-order valence-corrected chi connectivity index (χ2v) is 6.85. The van der Waals surface area contributed by atoms with Crippen LogP contribution in [0.1, 0.15) is 53.9 Å². The molecule has 2 atom stereocenters. The molecule has 1 fully saturated rings. The van der Waals surface area contributed by atoms with Crippen LogP contribution in [0.4, 0.5) is 0 Å². The first-order chi connectivity index (χ1) is 11.7. The third-order valence-electron chi connectivity index (χ3n) is 4.89. The van der Waals surface area contributed by atoms with E-state index >= 15 is 0 Å². The van der Waals surface area contributed by atoms with Crippen LogP contribution < -0.4 is 0 Å². The Balaban J connectivity index is 1.91. The number of halogens is 1. The Kier molecular flexibility index (Phi) is 5.47. The van der Waals surface area contributed by atoms with Gasteiger partial charge in [0.1, 0.15) is 5.78 Å². The first kappa shape index (κ1) is 16.9. The molecule has 2 nitrogen and oxygen atoms in total. The molecule has 0 heterocycles. The molecule has 0 aromatic heterocycles. The number of Topliss-reactive ketones (excluding diaryl/α,β-unsaturated/α-hetero) is 2. The van der Waals surface area contributed by atoms with E-state index in [1.54, 1.807) is 0 Å². The van der Waals surface area contributed by atoms with Gasteiger partial charge >= 0.3 is 0 Å². The summed E-state index contributed by atoms with van der Waals surface area (Å²) in [4.78, 5) is 25.2. The molecule has 0 amide bonds. The zero-order valence-electron chi connectivity index (χ0n) is 13.6. The SMILES string of the molecule is O=C(C[C@@H](c1ccccc1Cl)[C@@H]1CCCCC1=O)c1ccccc1. The summed E-state index contributed by atoms with van der Waals surface area (Å²) in [5.74, 6) is 0.0939. The average molecular weight is 341 g/mol. The molecular weight excluding hydrogens is 320 g/mol. The molecule has 3 heteroatoms. The minimum atomic E-state index is -0.140. The van der Waals surface area contributed by atoms with E-state index in [4.69, 9.17) is 11.6 Å². The molecule has 124 valence electrons. The van der Waals surface area contributed by atoms with E-state index < -0.39 is 0 Å². The molecule has 0 N–H and O–H groups in total. The normalized spacial score (nSPS) is 19.0. The standard InChI is InChI=1S/C21H21ClO2/c22-19-12-6-4-10-16(19)18(17-11-5-7-13-20(17)23)14-21(24)15-8-2-1-3-9-15/h1-4,6,8-10,12,17-18H,5,7,11,13-14H2/t17-,18-/m0/s1. The maximum atomic E-state index is 12.7. The highest BCUT2D eigenvalue weighted by Gasteiger charge is 2.33. The van der Waals surface area contributed by atoms with Crippen molar-refractivity contribution < 1.29 is 9.59 Å². The molecule has 2 aromatic rings. The van der Waals surface area contributed by atoms with Gasteiger partial charge in [0.15, 0.2) is 5.78 Å². The molecule has 2 aromatic carbocycles. The van der Waals surface area contributed by atoms with Gasteiger partial charge < -0.3 is 0 Å². The highest BCUT2D eigenvalue weighted by molar-refractivity contribution is 6.31. The van der Waals surface area contributed by atoms with Crippen molar-refractivity contribution >= 4 is 23.2 Å². The lowest BCUT2D eigenvalue weighted by Crippen LogP contribution is -2.27. The van der Waals surface area contributed by atoms with E-state index in [0.717, 1.165) is 24.8 Å². The van der Waals surface area contributed by atoms with Crippen LogP contribution >= 0.6 is 11.6 Å². The highest BCUT2D eigenvalue weighted by Crippen LogP contribution is 2.39. The first-order valence-corrected chi connectivity index (χ1v) is 8.90. The molecule has 0 aliphatic heterocycles. The third kappa shape index (κ3) is 3.76. The molecule has 0 spiro atoms. The van der Waals surface area contributed by atoms with Crippen LogP contribution in [-0.2, 0) is 4.79 Å². The van der Waals surface area contributed by atoms with Gasteiger partial charge in [-0.25, -0.2) is 0 Å². The Labute approximate surface area is 147 Å². The summed E-state index contributed by atoms with van der Waals surface area (Å²) in [6.07, 6.45) is 3.78. The van der Waals surface area contributed by atoms with Crippen LogP contribution in [0.15, 0.2) is 54.6 Å². The summed E-state index contributed by atoms with van der Waals surface area (Å²) in [5, 5.41) is 0.640. The van der Waals surface area contributed by atoms with Gasteiger partial charge in [0.25, 0.3) is 0 Å². The van der Waals surface area contributed by atoms with Gasteiger partial charge in [-0.1, -0.05) is 66.6 Å². The number of rotatable bonds is 5. The molecule has 1 aliphatic carbocycles. The van der Waals surface area contributed by atoms with Crippen molar-refractivity contribution in [2.75, 3.05) is 0 Å². The third-order valence-corrected chi connectivity index (χ3v) is 5.24. The van der Waals surface area contributed by atoms with E-state index in [2.05, 4.69) is 0 Å². The van der Waals surface area contributed by atoms with Gasteiger partial charge in [-0.3, -0.25) is 9.59 Å². The van der Waals surface area contributed by atoms with E-state index in [-0.39, 0.29) is 23.4 Å². The van der Waals surface area contributed by atoms with Crippen LogP contribution in [0.25, 0.3) is 0 Å². The molecule has 0 saturated heterocycles. The predicted octanol–water partition coefficient (Wildman–Crippen LogP) is 5.46. The Bertz CT molecular complexity index is 724. The van der Waals surface area contributed by atoms with E-state index in [1.807, 2.05) is 54.6 Å². The summed E-state index contributed by atoms with van der Waals surface area (Å²) in [6.45, 7) is 0. The molecule has 3 rings (SSSR count). The highest BCUT2D eigenvalue weighted by atomic mass is 35.5. The van der Waals surface area contributed by atoms with E-state index in [0.29, 0.717) is 23.4 Å². The lowest BCUT2D eigenvalue weighted by atomic mass is 9.73. The summed E-state index contributed by atoms with van der Waals surface area (Å²) in [6, 6.07) is 16.9. The van der Waals surface area contributed by atoms with Crippen molar-refractivity contribution in [2.45, 2.75) is 38.0 Å². The first-order valence-electron chi connectivity index (χ1n) is 8.52. The van der Waals surface area contributed by atoms with Crippen molar-refractivity contribution in [1.29, 1.82) is 0 Å². The molecule has 1 aliphatic rings. The molecule has 1 saturated carbocycles. The van der Waals surface area contributed by atoms with Crippen molar-refractivity contribution in [3.8, 4) is 0 Å². The Morgan fingerprint density at radius 3 is 2.46 bits per heavy atom.